The summed E-state index contributed by atoms with van der Waals surface area (Å²) in [5.41, 5.74) is 0. The molecule has 1 aliphatic carbocycles. The number of ether oxygens (including phenoxy) is 1. The Morgan fingerprint density at radius 3 is 2.50 bits per heavy atom. The first-order valence-electron chi connectivity index (χ1n) is 11.2. The summed E-state index contributed by atoms with van der Waals surface area (Å²) in [5.74, 6) is 2.36. The predicted octanol–water partition coefficient (Wildman–Crippen LogP) is 1.25. The first kappa shape index (κ1) is 21.4. The van der Waals surface area contributed by atoms with E-state index < -0.39 is 0 Å². The second kappa shape index (κ2) is 11.0. The minimum Gasteiger partial charge on any atom is -0.384 e. The molecule has 0 aromatic rings. The number of methoxy groups -OCH3 is 1. The zero-order chi connectivity index (χ0) is 19.8. The third kappa shape index (κ3) is 5.83. The molecule has 2 heterocycles. The summed E-state index contributed by atoms with van der Waals surface area (Å²) in [5, 5.41) is 3.44. The molecule has 1 saturated carbocycles. The van der Waals surface area contributed by atoms with Crippen LogP contribution in [-0.2, 0) is 9.53 Å². The average molecular weight is 394 g/mol. The molecule has 0 spiro atoms. The van der Waals surface area contributed by atoms with Crippen LogP contribution < -0.4 is 5.32 Å². The Labute approximate surface area is 170 Å². The minimum absolute atomic E-state index is 0.307. The van der Waals surface area contributed by atoms with Gasteiger partial charge < -0.3 is 19.9 Å². The molecule has 1 unspecified atom stereocenters. The highest BCUT2D eigenvalue weighted by molar-refractivity contribution is 5.80. The van der Waals surface area contributed by atoms with Crippen molar-refractivity contribution in [1.82, 2.24) is 20.0 Å². The van der Waals surface area contributed by atoms with E-state index in [0.29, 0.717) is 17.7 Å². The van der Waals surface area contributed by atoms with Gasteiger partial charge in [-0.3, -0.25) is 14.7 Å². The zero-order valence-electron chi connectivity index (χ0n) is 17.9. The molecule has 0 bridgehead atoms. The maximum absolute atomic E-state index is 12.6. The van der Waals surface area contributed by atoms with Gasteiger partial charge in [0.15, 0.2) is 5.96 Å². The number of aliphatic imine (C=N–C) groups is 1. The van der Waals surface area contributed by atoms with Crippen LogP contribution in [-0.4, -0.2) is 99.2 Å². The van der Waals surface area contributed by atoms with E-state index in [1.165, 1.54) is 19.3 Å². The van der Waals surface area contributed by atoms with Gasteiger partial charge in [0.1, 0.15) is 0 Å². The molecule has 0 aromatic heterocycles. The Kier molecular flexibility index (Phi) is 8.40. The Morgan fingerprint density at radius 2 is 1.82 bits per heavy atom. The first-order valence-corrected chi connectivity index (χ1v) is 11.2. The fraction of sp³-hybridized carbons (Fsp3) is 0.905. The van der Waals surface area contributed by atoms with Gasteiger partial charge in [0.2, 0.25) is 5.91 Å². The van der Waals surface area contributed by atoms with E-state index in [9.17, 15) is 4.79 Å². The number of piperazine rings is 1. The van der Waals surface area contributed by atoms with Crippen molar-refractivity contribution < 1.29 is 9.53 Å². The highest BCUT2D eigenvalue weighted by Gasteiger charge is 2.29. The molecular formula is C21H39N5O2. The van der Waals surface area contributed by atoms with E-state index in [-0.39, 0.29) is 0 Å². The molecule has 2 aliphatic heterocycles. The summed E-state index contributed by atoms with van der Waals surface area (Å²) in [7, 11) is 1.78. The van der Waals surface area contributed by atoms with Gasteiger partial charge in [0.25, 0.3) is 0 Å². The Morgan fingerprint density at radius 1 is 1.07 bits per heavy atom. The summed E-state index contributed by atoms with van der Waals surface area (Å²) >= 11 is 0. The molecule has 0 radical (unpaired) electrons. The van der Waals surface area contributed by atoms with Crippen molar-refractivity contribution in [2.45, 2.75) is 39.0 Å². The largest absolute Gasteiger partial charge is 0.384 e. The maximum atomic E-state index is 12.6. The average Bonchev–Trinajstić information content (AvgIpc) is 3.40. The molecule has 7 nitrogen and oxygen atoms in total. The van der Waals surface area contributed by atoms with Crippen LogP contribution in [0.4, 0.5) is 0 Å². The monoisotopic (exact) mass is 393 g/mol. The number of hydrogen-bond donors (Lipinski definition) is 1. The molecule has 160 valence electrons. The molecule has 7 heteroatoms. The molecule has 2 saturated heterocycles. The van der Waals surface area contributed by atoms with Gasteiger partial charge >= 0.3 is 0 Å². The molecule has 0 aromatic carbocycles. The predicted molar refractivity (Wildman–Crippen MR) is 113 cm³/mol. The topological polar surface area (TPSA) is 60.4 Å². The summed E-state index contributed by atoms with van der Waals surface area (Å²) < 4.78 is 5.31. The highest BCUT2D eigenvalue weighted by atomic mass is 16.5. The van der Waals surface area contributed by atoms with E-state index in [2.05, 4.69) is 26.9 Å². The molecule has 3 fully saturated rings. The van der Waals surface area contributed by atoms with Crippen LogP contribution >= 0.6 is 0 Å². The van der Waals surface area contributed by atoms with Crippen LogP contribution in [0.25, 0.3) is 0 Å². The van der Waals surface area contributed by atoms with Crippen LogP contribution in [0.5, 0.6) is 0 Å². The van der Waals surface area contributed by atoms with Gasteiger partial charge in [-0.05, 0) is 26.2 Å². The number of rotatable bonds is 7. The summed E-state index contributed by atoms with van der Waals surface area (Å²) in [6.45, 7) is 11.4. The molecule has 1 N–H and O–H groups in total. The summed E-state index contributed by atoms with van der Waals surface area (Å²) in [6, 6.07) is 0. The van der Waals surface area contributed by atoms with Gasteiger partial charge in [0.05, 0.1) is 13.2 Å². The Balaban J connectivity index is 1.40. The molecular weight excluding hydrogens is 354 g/mol. The standard InChI is InChI=1S/C21H39N5O2/c1-3-22-21(26-10-8-18(16-26)17-28-2)23-9-11-24-12-14-25(15-13-24)20(27)19-6-4-5-7-19/h18-19H,3-17H2,1-2H3,(H,22,23). The Hall–Kier alpha value is -1.34. The summed E-state index contributed by atoms with van der Waals surface area (Å²) in [6.07, 6.45) is 5.83. The van der Waals surface area contributed by atoms with Crippen molar-refractivity contribution in [3.63, 3.8) is 0 Å². The van der Waals surface area contributed by atoms with E-state index in [4.69, 9.17) is 9.73 Å². The minimum atomic E-state index is 0.307. The fourth-order valence-electron chi connectivity index (χ4n) is 4.74. The number of nitrogens with zero attached hydrogens (tertiary/aromatic N) is 4. The first-order chi connectivity index (χ1) is 13.7. The lowest BCUT2D eigenvalue weighted by Crippen LogP contribution is -2.50. The zero-order valence-corrected chi connectivity index (χ0v) is 17.9. The smallest absolute Gasteiger partial charge is 0.225 e. The van der Waals surface area contributed by atoms with Gasteiger partial charge in [-0.15, -0.1) is 0 Å². The highest BCUT2D eigenvalue weighted by Crippen LogP contribution is 2.26. The van der Waals surface area contributed by atoms with Crippen molar-refractivity contribution in [2.24, 2.45) is 16.8 Å². The Bertz CT molecular complexity index is 513. The van der Waals surface area contributed by atoms with Crippen molar-refractivity contribution in [1.29, 1.82) is 0 Å². The van der Waals surface area contributed by atoms with E-state index in [1.54, 1.807) is 7.11 Å². The van der Waals surface area contributed by atoms with Crippen LogP contribution in [0.3, 0.4) is 0 Å². The van der Waals surface area contributed by atoms with Gasteiger partial charge in [-0.2, -0.15) is 0 Å². The molecule has 1 atom stereocenters. The van der Waals surface area contributed by atoms with Gasteiger partial charge in [0, 0.05) is 71.3 Å². The molecule has 3 aliphatic rings. The van der Waals surface area contributed by atoms with E-state index in [1.807, 2.05) is 0 Å². The molecule has 3 rings (SSSR count). The number of guanidine groups is 1. The second-order valence-corrected chi connectivity index (χ2v) is 8.44. The summed E-state index contributed by atoms with van der Waals surface area (Å²) in [4.78, 5) is 24.3. The third-order valence-electron chi connectivity index (χ3n) is 6.39. The van der Waals surface area contributed by atoms with Crippen LogP contribution in [0.15, 0.2) is 4.99 Å². The van der Waals surface area contributed by atoms with Gasteiger partial charge in [-0.25, -0.2) is 0 Å². The maximum Gasteiger partial charge on any atom is 0.225 e. The van der Waals surface area contributed by atoms with E-state index >= 15 is 0 Å². The SMILES string of the molecule is CCNC(=NCCN1CCN(C(=O)C2CCCC2)CC1)N1CCC(COC)C1. The van der Waals surface area contributed by atoms with Crippen molar-refractivity contribution >= 4 is 11.9 Å². The lowest BCUT2D eigenvalue weighted by molar-refractivity contribution is -0.137. The number of carbonyl (C=O) groups excluding carboxylic acids is 1. The quantitative estimate of drug-likeness (QED) is 0.521. The number of likely N-dealkylation sites (tertiary alicyclic amines) is 1. The number of amides is 1. The van der Waals surface area contributed by atoms with Crippen LogP contribution in [0.2, 0.25) is 0 Å². The number of nitrogens with one attached hydrogen (secondary N) is 1. The van der Waals surface area contributed by atoms with E-state index in [0.717, 1.165) is 84.3 Å². The normalized spacial score (nSPS) is 24.9. The van der Waals surface area contributed by atoms with Crippen molar-refractivity contribution in [2.75, 3.05) is 72.6 Å². The molecule has 1 amide bonds. The fourth-order valence-corrected chi connectivity index (χ4v) is 4.74. The van der Waals surface area contributed by atoms with Crippen LogP contribution in [0.1, 0.15) is 39.0 Å². The number of carbonyl (C=O) groups is 1. The third-order valence-corrected chi connectivity index (χ3v) is 6.39. The van der Waals surface area contributed by atoms with Gasteiger partial charge in [-0.1, -0.05) is 12.8 Å². The lowest BCUT2D eigenvalue weighted by atomic mass is 10.1. The number of hydrogen-bond acceptors (Lipinski definition) is 4. The van der Waals surface area contributed by atoms with Crippen molar-refractivity contribution in [3.05, 3.63) is 0 Å². The van der Waals surface area contributed by atoms with Crippen molar-refractivity contribution in [3.8, 4) is 0 Å². The lowest BCUT2D eigenvalue weighted by Gasteiger charge is -2.35. The van der Waals surface area contributed by atoms with Crippen LogP contribution in [0, 0.1) is 11.8 Å². The molecule has 28 heavy (non-hydrogen) atoms. The second-order valence-electron chi connectivity index (χ2n) is 8.44.